The molecular formula is C15H17ClN4O2S. The van der Waals surface area contributed by atoms with Crippen LogP contribution in [0.3, 0.4) is 0 Å². The largest absolute Gasteiger partial charge is 0.489 e. The molecule has 0 spiro atoms. The van der Waals surface area contributed by atoms with E-state index in [-0.39, 0.29) is 24.0 Å². The average molecular weight is 353 g/mol. The van der Waals surface area contributed by atoms with Gasteiger partial charge in [-0.1, -0.05) is 23.8 Å². The second-order valence-electron chi connectivity index (χ2n) is 5.12. The van der Waals surface area contributed by atoms with Crippen LogP contribution in [0.1, 0.15) is 19.3 Å². The maximum Gasteiger partial charge on any atom is 0.199 e. The molecule has 1 aromatic heterocycles. The number of anilines is 1. The van der Waals surface area contributed by atoms with Gasteiger partial charge in [0, 0.05) is 25.6 Å². The Kier molecular flexibility index (Phi) is 6.18. The van der Waals surface area contributed by atoms with Crippen LogP contribution in [0.15, 0.2) is 23.3 Å². The highest BCUT2D eigenvalue weighted by molar-refractivity contribution is 7.80. The molecule has 1 atom stereocenters. The quantitative estimate of drug-likeness (QED) is 0.501. The zero-order valence-electron chi connectivity index (χ0n) is 12.7. The van der Waals surface area contributed by atoms with Crippen molar-refractivity contribution < 1.29 is 9.53 Å². The van der Waals surface area contributed by atoms with E-state index in [0.29, 0.717) is 31.0 Å². The summed E-state index contributed by atoms with van der Waals surface area (Å²) in [5.41, 5.74) is 0.924. The van der Waals surface area contributed by atoms with E-state index >= 15 is 0 Å². The number of thiocarbonyl (C=S) groups is 1. The van der Waals surface area contributed by atoms with Crippen molar-refractivity contribution in [1.82, 2.24) is 4.98 Å². The lowest BCUT2D eigenvalue weighted by Crippen LogP contribution is -2.32. The highest BCUT2D eigenvalue weighted by Gasteiger charge is 2.26. The fraction of sp³-hybridized carbons (Fsp3) is 0.400. The van der Waals surface area contributed by atoms with Gasteiger partial charge in [-0.25, -0.2) is 9.98 Å². The Balaban J connectivity index is 1.94. The Morgan fingerprint density at radius 2 is 2.48 bits per heavy atom. The van der Waals surface area contributed by atoms with E-state index in [4.69, 9.17) is 34.0 Å². The number of aromatic nitrogens is 1. The number of carbonyl (C=O) groups excluding carboxylic acids is 1. The summed E-state index contributed by atoms with van der Waals surface area (Å²) in [7, 11) is 1.87. The average Bonchev–Trinajstić information content (AvgIpc) is 2.67. The first-order valence-electron chi connectivity index (χ1n) is 7.14. The van der Waals surface area contributed by atoms with Gasteiger partial charge in [-0.05, 0) is 25.0 Å². The third kappa shape index (κ3) is 4.33. The number of aliphatic imine (C=N–C) groups is 1. The maximum absolute atomic E-state index is 11.7. The summed E-state index contributed by atoms with van der Waals surface area (Å²) >= 11 is 10.8. The lowest BCUT2D eigenvalue weighted by atomic mass is 10.0. The standard InChI is InChI=1S/C15H17ClN4O2S/c1-20-14-12(6-3-7-18-14)22-8-10(15(20)23)4-2-5-11(21)13(17)19-9-16/h3,6-7,9-10,17H,2,4-5,8H2,1H3/b17-13?,19-9+/t10-/m0/s1. The normalized spacial score (nSPS) is 17.6. The van der Waals surface area contributed by atoms with Crippen LogP contribution in [0, 0.1) is 11.3 Å². The first-order valence-corrected chi connectivity index (χ1v) is 7.99. The number of rotatable bonds is 5. The molecule has 1 aliphatic rings. The number of nitrogens with zero attached hydrogens (tertiary/aromatic N) is 3. The van der Waals surface area contributed by atoms with Gasteiger partial charge in [0.2, 0.25) is 0 Å². The van der Waals surface area contributed by atoms with Gasteiger partial charge in [0.15, 0.2) is 23.2 Å². The Labute approximate surface area is 145 Å². The van der Waals surface area contributed by atoms with Gasteiger partial charge in [-0.3, -0.25) is 10.2 Å². The third-order valence-corrected chi connectivity index (χ3v) is 4.29. The molecular weight excluding hydrogens is 336 g/mol. The number of ketones is 1. The van der Waals surface area contributed by atoms with E-state index < -0.39 is 0 Å². The highest BCUT2D eigenvalue weighted by atomic mass is 35.5. The molecule has 0 radical (unpaired) electrons. The lowest BCUT2D eigenvalue weighted by Gasteiger charge is -2.21. The zero-order chi connectivity index (χ0) is 16.8. The molecule has 0 saturated heterocycles. The second kappa shape index (κ2) is 8.12. The molecule has 23 heavy (non-hydrogen) atoms. The SMILES string of the molecule is CN1C(=S)[C@@H](CCCC(=O)C(=N)/N=C/Cl)COc2cccnc21. The van der Waals surface area contributed by atoms with Gasteiger partial charge < -0.3 is 9.64 Å². The van der Waals surface area contributed by atoms with Crippen LogP contribution in [-0.4, -0.2) is 40.9 Å². The number of hydrogen-bond donors (Lipinski definition) is 1. The Morgan fingerprint density at radius 3 is 3.22 bits per heavy atom. The smallest absolute Gasteiger partial charge is 0.199 e. The Bertz CT molecular complexity index is 650. The van der Waals surface area contributed by atoms with Gasteiger partial charge in [-0.15, -0.1) is 0 Å². The van der Waals surface area contributed by atoms with Gasteiger partial charge >= 0.3 is 0 Å². The highest BCUT2D eigenvalue weighted by Crippen LogP contribution is 2.30. The topological polar surface area (TPSA) is 78.6 Å². The predicted molar refractivity (Wildman–Crippen MR) is 95.2 cm³/mol. The molecule has 122 valence electrons. The van der Waals surface area contributed by atoms with E-state index in [1.807, 2.05) is 24.1 Å². The number of amidine groups is 1. The van der Waals surface area contributed by atoms with Crippen LogP contribution in [0.2, 0.25) is 0 Å². The fourth-order valence-electron chi connectivity index (χ4n) is 2.34. The second-order valence-corrected chi connectivity index (χ2v) is 5.73. The number of nitrogens with one attached hydrogen (secondary N) is 1. The van der Waals surface area contributed by atoms with Crippen LogP contribution in [0.5, 0.6) is 5.75 Å². The number of pyridine rings is 1. The van der Waals surface area contributed by atoms with Gasteiger partial charge in [0.1, 0.15) is 0 Å². The summed E-state index contributed by atoms with van der Waals surface area (Å²) in [4.78, 5) is 22.0. The van der Waals surface area contributed by atoms with Crippen LogP contribution in [-0.2, 0) is 4.79 Å². The van der Waals surface area contributed by atoms with Gasteiger partial charge in [0.25, 0.3) is 0 Å². The fourth-order valence-corrected chi connectivity index (χ4v) is 2.71. The summed E-state index contributed by atoms with van der Waals surface area (Å²) in [6, 6.07) is 3.68. The number of hydrogen-bond acceptors (Lipinski definition) is 5. The van der Waals surface area contributed by atoms with Crippen LogP contribution >= 0.6 is 23.8 Å². The lowest BCUT2D eigenvalue weighted by molar-refractivity contribution is -0.113. The molecule has 2 rings (SSSR count). The van der Waals surface area contributed by atoms with Crippen molar-refractivity contribution in [2.75, 3.05) is 18.6 Å². The molecule has 0 bridgehead atoms. The van der Waals surface area contributed by atoms with Crippen molar-refractivity contribution in [3.8, 4) is 5.75 Å². The molecule has 1 aromatic rings. The van der Waals surface area contributed by atoms with Crippen LogP contribution < -0.4 is 9.64 Å². The zero-order valence-corrected chi connectivity index (χ0v) is 14.2. The molecule has 0 fully saturated rings. The molecule has 0 aliphatic carbocycles. The molecule has 0 aromatic carbocycles. The first kappa shape index (κ1) is 17.5. The van der Waals surface area contributed by atoms with E-state index in [2.05, 4.69) is 9.98 Å². The molecule has 1 N–H and O–H groups in total. The summed E-state index contributed by atoms with van der Waals surface area (Å²) in [6.45, 7) is 0.452. The summed E-state index contributed by atoms with van der Waals surface area (Å²) in [6.07, 6.45) is 3.23. The van der Waals surface area contributed by atoms with Crippen LogP contribution in [0.4, 0.5) is 5.82 Å². The molecule has 0 amide bonds. The number of ether oxygens (including phenoxy) is 1. The third-order valence-electron chi connectivity index (χ3n) is 3.59. The monoisotopic (exact) mass is 352 g/mol. The Morgan fingerprint density at radius 1 is 1.70 bits per heavy atom. The minimum atomic E-state index is -0.333. The Hall–Kier alpha value is -1.86. The number of halogens is 1. The first-order chi connectivity index (χ1) is 11.0. The van der Waals surface area contributed by atoms with E-state index in [9.17, 15) is 4.79 Å². The van der Waals surface area contributed by atoms with Crippen LogP contribution in [0.25, 0.3) is 0 Å². The predicted octanol–water partition coefficient (Wildman–Crippen LogP) is 2.84. The van der Waals surface area contributed by atoms with Crippen molar-refractivity contribution in [3.63, 3.8) is 0 Å². The number of carbonyl (C=O) groups is 1. The molecule has 2 heterocycles. The maximum atomic E-state index is 11.7. The van der Waals surface area contributed by atoms with Crippen molar-refractivity contribution in [1.29, 1.82) is 5.41 Å². The minimum Gasteiger partial charge on any atom is -0.489 e. The number of fused-ring (bicyclic) bond motifs is 1. The summed E-state index contributed by atoms with van der Waals surface area (Å²) in [5.74, 6) is 0.764. The summed E-state index contributed by atoms with van der Waals surface area (Å²) in [5, 5.41) is 7.41. The molecule has 0 saturated carbocycles. The van der Waals surface area contributed by atoms with Crippen molar-refractivity contribution in [2.45, 2.75) is 19.3 Å². The van der Waals surface area contributed by atoms with Gasteiger partial charge in [-0.2, -0.15) is 0 Å². The molecule has 6 nitrogen and oxygen atoms in total. The minimum absolute atomic E-state index is 0.0164. The van der Waals surface area contributed by atoms with Gasteiger partial charge in [0.05, 0.1) is 17.3 Å². The molecule has 1 aliphatic heterocycles. The summed E-state index contributed by atoms with van der Waals surface area (Å²) < 4.78 is 5.79. The van der Waals surface area contributed by atoms with Crippen molar-refractivity contribution in [2.24, 2.45) is 10.9 Å². The van der Waals surface area contributed by atoms with E-state index in [0.717, 1.165) is 10.7 Å². The number of Topliss-reactive ketones (excluding diaryl/α,β-unsaturated/α-hetero) is 1. The van der Waals surface area contributed by atoms with Crippen molar-refractivity contribution >= 4 is 51.9 Å². The van der Waals surface area contributed by atoms with E-state index in [1.165, 1.54) is 0 Å². The van der Waals surface area contributed by atoms with Crippen molar-refractivity contribution in [3.05, 3.63) is 18.3 Å². The molecule has 8 heteroatoms. The molecule has 0 unspecified atom stereocenters. The van der Waals surface area contributed by atoms with E-state index in [1.54, 1.807) is 6.20 Å².